The Labute approximate surface area is 71.0 Å². The van der Waals surface area contributed by atoms with Crippen LogP contribution in [-0.4, -0.2) is 18.2 Å². The summed E-state index contributed by atoms with van der Waals surface area (Å²) in [5.74, 6) is -0.995. The van der Waals surface area contributed by atoms with Crippen molar-refractivity contribution in [3.8, 4) is 0 Å². The van der Waals surface area contributed by atoms with Crippen LogP contribution in [0.4, 0.5) is 0 Å². The van der Waals surface area contributed by atoms with Crippen LogP contribution in [0.2, 0.25) is 0 Å². The van der Waals surface area contributed by atoms with Gasteiger partial charge >= 0.3 is 29.6 Å². The van der Waals surface area contributed by atoms with Crippen molar-refractivity contribution < 1.29 is 44.6 Å². The number of aliphatic hydroxyl groups is 1. The molecule has 0 saturated carbocycles. The third-order valence-corrected chi connectivity index (χ3v) is 0.289. The van der Waals surface area contributed by atoms with Crippen LogP contribution in [0.1, 0.15) is 13.3 Å². The van der Waals surface area contributed by atoms with Crippen molar-refractivity contribution in [1.82, 2.24) is 0 Å². The summed E-state index contributed by atoms with van der Waals surface area (Å²) in [5.41, 5.74) is 0. The first-order valence-electron chi connectivity index (χ1n) is 1.92. The zero-order valence-corrected chi connectivity index (χ0v) is 7.47. The Morgan fingerprint density at radius 1 is 1.62 bits per heavy atom. The van der Waals surface area contributed by atoms with Crippen molar-refractivity contribution in [2.45, 2.75) is 13.3 Å². The van der Waals surface area contributed by atoms with E-state index in [9.17, 15) is 9.90 Å². The fraction of sp³-hybridized carbons (Fsp3) is 0.750. The van der Waals surface area contributed by atoms with E-state index in [1.807, 2.05) is 0 Å². The third kappa shape index (κ3) is 32.1. The predicted molar refractivity (Wildman–Crippen MR) is 23.4 cm³/mol. The number of aliphatic carboxylic acids is 1. The van der Waals surface area contributed by atoms with E-state index >= 15 is 0 Å². The summed E-state index contributed by atoms with van der Waals surface area (Å²) in [5, 5.41) is 16.3. The molecule has 0 aliphatic rings. The fourth-order valence-corrected chi connectivity index (χ4v) is 0. The molecule has 0 aromatic heterocycles. The average Bonchev–Trinajstić information content (AvgIpc) is 1.73. The molecule has 0 heterocycles. The van der Waals surface area contributed by atoms with Crippen molar-refractivity contribution in [2.75, 3.05) is 7.11 Å². The van der Waals surface area contributed by atoms with Crippen molar-refractivity contribution >= 4 is 5.97 Å². The summed E-state index contributed by atoms with van der Waals surface area (Å²) in [7, 11) is 1.00. The molecule has 0 rings (SSSR count). The Balaban J connectivity index is -0.0000000750. The smallest absolute Gasteiger partial charge is 0.550 e. The molecule has 0 saturated heterocycles. The Kier molecular flexibility index (Phi) is 30.9. The van der Waals surface area contributed by atoms with Gasteiger partial charge in [-0.1, -0.05) is 6.92 Å². The van der Waals surface area contributed by atoms with Crippen molar-refractivity contribution in [1.29, 1.82) is 0 Å². The summed E-state index contributed by atoms with van der Waals surface area (Å²) in [6.45, 7) is 1.54. The first-order valence-corrected chi connectivity index (χ1v) is 1.92. The minimum absolute atomic E-state index is 0. The molecule has 0 aliphatic carbocycles. The molecular formula is C4H9NaO3. The quantitative estimate of drug-likeness (QED) is 0.364. The maximum atomic E-state index is 9.26. The molecule has 4 heteroatoms. The molecule has 0 aliphatic heterocycles. The molecule has 8 heavy (non-hydrogen) atoms. The Morgan fingerprint density at radius 2 is 1.75 bits per heavy atom. The number of carbonyl (C=O) groups excluding carboxylic acids is 1. The topological polar surface area (TPSA) is 60.4 Å². The number of aliphatic hydroxyl groups excluding tert-OH is 1. The summed E-state index contributed by atoms with van der Waals surface area (Å²) >= 11 is 0. The van der Waals surface area contributed by atoms with Crippen LogP contribution >= 0.6 is 0 Å². The van der Waals surface area contributed by atoms with Gasteiger partial charge in [0.1, 0.15) is 0 Å². The van der Waals surface area contributed by atoms with Gasteiger partial charge in [0, 0.05) is 13.1 Å². The zero-order valence-electron chi connectivity index (χ0n) is 5.47. The van der Waals surface area contributed by atoms with Crippen LogP contribution in [0.3, 0.4) is 0 Å². The monoisotopic (exact) mass is 128 g/mol. The second-order valence-corrected chi connectivity index (χ2v) is 0.726. The molecule has 0 aromatic rings. The minimum Gasteiger partial charge on any atom is -0.550 e. The van der Waals surface area contributed by atoms with Crippen LogP contribution in [0, 0.1) is 0 Å². The van der Waals surface area contributed by atoms with Crippen LogP contribution in [0.5, 0.6) is 0 Å². The molecule has 0 radical (unpaired) electrons. The average molecular weight is 128 g/mol. The molecule has 0 spiro atoms. The van der Waals surface area contributed by atoms with Gasteiger partial charge in [0.15, 0.2) is 0 Å². The Bertz CT molecular complexity index is 46.5. The van der Waals surface area contributed by atoms with Gasteiger partial charge in [-0.2, -0.15) is 0 Å². The molecule has 0 aromatic carbocycles. The summed E-state index contributed by atoms with van der Waals surface area (Å²) in [6.07, 6.45) is 0.111. The van der Waals surface area contributed by atoms with E-state index in [-0.39, 0.29) is 36.0 Å². The van der Waals surface area contributed by atoms with Gasteiger partial charge in [0.05, 0.1) is 0 Å². The number of hydrogen-bond acceptors (Lipinski definition) is 3. The largest absolute Gasteiger partial charge is 1.00 e. The number of carboxylic acid groups (broad SMARTS) is 1. The Hall–Kier alpha value is 0.430. The standard InChI is InChI=1S/C3H6O2.CH4O.Na/c1-2-3(4)5;1-2;/h2H2,1H3,(H,4,5);2H,1H3;/q;;+1/p-1. The van der Waals surface area contributed by atoms with Crippen molar-refractivity contribution in [3.05, 3.63) is 0 Å². The minimum atomic E-state index is -0.995. The molecule has 0 amide bonds. The van der Waals surface area contributed by atoms with Gasteiger partial charge < -0.3 is 15.0 Å². The summed E-state index contributed by atoms with van der Waals surface area (Å²) in [4.78, 5) is 9.26. The number of carbonyl (C=O) groups is 1. The van der Waals surface area contributed by atoms with E-state index in [1.165, 1.54) is 6.92 Å². The maximum absolute atomic E-state index is 9.26. The van der Waals surface area contributed by atoms with Gasteiger partial charge in [0.25, 0.3) is 0 Å². The first-order chi connectivity index (χ1) is 3.27. The van der Waals surface area contributed by atoms with E-state index in [0.717, 1.165) is 7.11 Å². The molecule has 44 valence electrons. The van der Waals surface area contributed by atoms with Crippen LogP contribution in [-0.2, 0) is 4.79 Å². The fourth-order valence-electron chi connectivity index (χ4n) is 0. The Morgan fingerprint density at radius 3 is 1.75 bits per heavy atom. The van der Waals surface area contributed by atoms with Crippen LogP contribution in [0.15, 0.2) is 0 Å². The van der Waals surface area contributed by atoms with E-state index in [2.05, 4.69) is 0 Å². The molecule has 0 fully saturated rings. The third-order valence-electron chi connectivity index (χ3n) is 0.289. The second-order valence-electron chi connectivity index (χ2n) is 0.726. The SMILES string of the molecule is CCC(=O)[O-].CO.[Na+]. The van der Waals surface area contributed by atoms with Gasteiger partial charge in [-0.25, -0.2) is 0 Å². The molecular weight excluding hydrogens is 119 g/mol. The molecule has 0 unspecified atom stereocenters. The van der Waals surface area contributed by atoms with Crippen LogP contribution in [0.25, 0.3) is 0 Å². The first kappa shape index (κ1) is 15.8. The number of carboxylic acids is 1. The zero-order chi connectivity index (χ0) is 6.28. The summed E-state index contributed by atoms with van der Waals surface area (Å²) in [6, 6.07) is 0. The van der Waals surface area contributed by atoms with E-state index in [4.69, 9.17) is 5.11 Å². The van der Waals surface area contributed by atoms with Crippen molar-refractivity contribution in [3.63, 3.8) is 0 Å². The summed E-state index contributed by atoms with van der Waals surface area (Å²) < 4.78 is 0. The van der Waals surface area contributed by atoms with Gasteiger partial charge in [0.2, 0.25) is 0 Å². The van der Waals surface area contributed by atoms with Gasteiger partial charge in [-0.15, -0.1) is 0 Å². The predicted octanol–water partition coefficient (Wildman–Crippen LogP) is -4.24. The maximum Gasteiger partial charge on any atom is 1.00 e. The van der Waals surface area contributed by atoms with E-state index in [1.54, 1.807) is 0 Å². The van der Waals surface area contributed by atoms with E-state index < -0.39 is 5.97 Å². The molecule has 0 atom stereocenters. The molecule has 1 N–H and O–H groups in total. The number of hydrogen-bond donors (Lipinski definition) is 1. The van der Waals surface area contributed by atoms with Gasteiger partial charge in [-0.3, -0.25) is 0 Å². The molecule has 0 bridgehead atoms. The second kappa shape index (κ2) is 15.7. The van der Waals surface area contributed by atoms with Gasteiger partial charge in [-0.05, 0) is 6.42 Å². The van der Waals surface area contributed by atoms with Crippen LogP contribution < -0.4 is 34.7 Å². The molecule has 3 nitrogen and oxygen atoms in total. The van der Waals surface area contributed by atoms with E-state index in [0.29, 0.717) is 0 Å². The normalized spacial score (nSPS) is 5.38. The number of rotatable bonds is 1. The van der Waals surface area contributed by atoms with Crippen molar-refractivity contribution in [2.24, 2.45) is 0 Å².